The number of nitrogens with one attached hydrogen (secondary N) is 1. The van der Waals surface area contributed by atoms with Crippen LogP contribution in [0.1, 0.15) is 31.7 Å². The van der Waals surface area contributed by atoms with Crippen LogP contribution in [0.5, 0.6) is 0 Å². The second kappa shape index (κ2) is 10.2. The van der Waals surface area contributed by atoms with Crippen LogP contribution in [0.4, 0.5) is 0 Å². The summed E-state index contributed by atoms with van der Waals surface area (Å²) in [5.74, 6) is 0.204. The van der Waals surface area contributed by atoms with E-state index in [1.54, 1.807) is 6.07 Å². The van der Waals surface area contributed by atoms with Crippen LogP contribution in [0.15, 0.2) is 18.2 Å². The minimum atomic E-state index is 0.0527. The molecule has 24 heavy (non-hydrogen) atoms. The van der Waals surface area contributed by atoms with Crippen molar-refractivity contribution >= 4 is 29.1 Å². The summed E-state index contributed by atoms with van der Waals surface area (Å²) in [6, 6.07) is 5.59. The molecule has 1 atom stereocenters. The van der Waals surface area contributed by atoms with Gasteiger partial charge in [-0.1, -0.05) is 29.3 Å². The Morgan fingerprint density at radius 2 is 2.25 bits per heavy atom. The maximum atomic E-state index is 12.3. The molecule has 2 rings (SSSR count). The van der Waals surface area contributed by atoms with Gasteiger partial charge in [-0.15, -0.1) is 0 Å². The molecule has 1 aliphatic rings. The summed E-state index contributed by atoms with van der Waals surface area (Å²) in [4.78, 5) is 14.6. The molecule has 0 aliphatic carbocycles. The van der Waals surface area contributed by atoms with Gasteiger partial charge in [0, 0.05) is 42.9 Å². The SMILES string of the molecule is CCOCCCNC(=O)[C@@H]1CCCN(Cc2ccc(Cl)cc2Cl)C1. The first-order chi connectivity index (χ1) is 11.6. The lowest BCUT2D eigenvalue weighted by Gasteiger charge is -2.32. The third-order valence-electron chi connectivity index (χ3n) is 4.25. The van der Waals surface area contributed by atoms with E-state index < -0.39 is 0 Å². The third-order valence-corrected chi connectivity index (χ3v) is 4.84. The van der Waals surface area contributed by atoms with Crippen molar-refractivity contribution in [1.29, 1.82) is 0 Å². The Hall–Kier alpha value is -0.810. The maximum absolute atomic E-state index is 12.3. The number of amides is 1. The van der Waals surface area contributed by atoms with Gasteiger partial charge >= 0.3 is 0 Å². The molecule has 1 aromatic carbocycles. The molecule has 0 radical (unpaired) electrons. The zero-order valence-electron chi connectivity index (χ0n) is 14.2. The highest BCUT2D eigenvalue weighted by Crippen LogP contribution is 2.24. The Kier molecular flexibility index (Phi) is 8.33. The van der Waals surface area contributed by atoms with Crippen molar-refractivity contribution in [3.05, 3.63) is 33.8 Å². The van der Waals surface area contributed by atoms with Crippen LogP contribution in [0.2, 0.25) is 10.0 Å². The highest BCUT2D eigenvalue weighted by molar-refractivity contribution is 6.35. The lowest BCUT2D eigenvalue weighted by Crippen LogP contribution is -2.43. The molecule has 4 nitrogen and oxygen atoms in total. The molecule has 1 heterocycles. The molecule has 0 aromatic heterocycles. The number of rotatable bonds is 8. The summed E-state index contributed by atoms with van der Waals surface area (Å²) in [6.07, 6.45) is 2.83. The number of carbonyl (C=O) groups excluding carboxylic acids is 1. The molecule has 1 saturated heterocycles. The Morgan fingerprint density at radius 1 is 1.42 bits per heavy atom. The molecular formula is C18H26Cl2N2O2. The van der Waals surface area contributed by atoms with E-state index in [2.05, 4.69) is 10.2 Å². The molecule has 6 heteroatoms. The molecule has 0 spiro atoms. The number of ether oxygens (including phenoxy) is 1. The molecule has 0 bridgehead atoms. The van der Waals surface area contributed by atoms with Crippen molar-refractivity contribution in [2.24, 2.45) is 5.92 Å². The molecule has 1 amide bonds. The summed E-state index contributed by atoms with van der Waals surface area (Å²) < 4.78 is 5.28. The fourth-order valence-corrected chi connectivity index (χ4v) is 3.45. The molecule has 134 valence electrons. The van der Waals surface area contributed by atoms with Crippen molar-refractivity contribution in [1.82, 2.24) is 10.2 Å². The number of nitrogens with zero attached hydrogens (tertiary/aromatic N) is 1. The molecule has 1 aliphatic heterocycles. The van der Waals surface area contributed by atoms with Crippen molar-refractivity contribution < 1.29 is 9.53 Å². The van der Waals surface area contributed by atoms with Crippen LogP contribution in [-0.4, -0.2) is 43.7 Å². The van der Waals surface area contributed by atoms with Gasteiger partial charge in [-0.25, -0.2) is 0 Å². The van der Waals surface area contributed by atoms with Crippen LogP contribution in [0.3, 0.4) is 0 Å². The van der Waals surface area contributed by atoms with E-state index in [0.717, 1.165) is 51.1 Å². The van der Waals surface area contributed by atoms with Gasteiger partial charge < -0.3 is 10.1 Å². The summed E-state index contributed by atoms with van der Waals surface area (Å²) in [7, 11) is 0. The van der Waals surface area contributed by atoms with Gasteiger partial charge in [0.05, 0.1) is 5.92 Å². The Labute approximate surface area is 154 Å². The maximum Gasteiger partial charge on any atom is 0.224 e. The molecule has 0 unspecified atom stereocenters. The third kappa shape index (κ3) is 6.25. The normalized spacial score (nSPS) is 18.5. The number of piperidine rings is 1. The van der Waals surface area contributed by atoms with Crippen molar-refractivity contribution in [2.45, 2.75) is 32.7 Å². The largest absolute Gasteiger partial charge is 0.382 e. The number of carbonyl (C=O) groups is 1. The zero-order valence-corrected chi connectivity index (χ0v) is 15.7. The fraction of sp³-hybridized carbons (Fsp3) is 0.611. The molecule has 1 N–H and O–H groups in total. The standard InChI is InChI=1S/C18H26Cl2N2O2/c1-2-24-10-4-8-21-18(23)15-5-3-9-22(13-15)12-14-6-7-16(19)11-17(14)20/h6-7,11,15H,2-5,8-10,12-13H2,1H3,(H,21,23)/t15-/m1/s1. The van der Waals surface area contributed by atoms with Crippen molar-refractivity contribution in [2.75, 3.05) is 32.8 Å². The van der Waals surface area contributed by atoms with E-state index in [-0.39, 0.29) is 11.8 Å². The highest BCUT2D eigenvalue weighted by Gasteiger charge is 2.25. The summed E-state index contributed by atoms with van der Waals surface area (Å²) >= 11 is 12.2. The Bertz CT molecular complexity index is 540. The van der Waals surface area contributed by atoms with Gasteiger partial charge in [0.15, 0.2) is 0 Å². The van der Waals surface area contributed by atoms with Crippen molar-refractivity contribution in [3.8, 4) is 0 Å². The second-order valence-corrected chi connectivity index (χ2v) is 7.00. The minimum Gasteiger partial charge on any atom is -0.382 e. The zero-order chi connectivity index (χ0) is 17.4. The van der Waals surface area contributed by atoms with Gasteiger partial charge in [-0.05, 0) is 50.4 Å². The van der Waals surface area contributed by atoms with Crippen LogP contribution < -0.4 is 5.32 Å². The molecule has 1 aromatic rings. The van der Waals surface area contributed by atoms with E-state index in [4.69, 9.17) is 27.9 Å². The average molecular weight is 373 g/mol. The first-order valence-corrected chi connectivity index (χ1v) is 9.37. The topological polar surface area (TPSA) is 41.6 Å². The number of halogens is 2. The van der Waals surface area contributed by atoms with E-state index in [1.807, 2.05) is 19.1 Å². The Balaban J connectivity index is 1.79. The lowest BCUT2D eigenvalue weighted by molar-refractivity contribution is -0.126. The number of hydrogen-bond donors (Lipinski definition) is 1. The minimum absolute atomic E-state index is 0.0527. The molecule has 0 saturated carbocycles. The smallest absolute Gasteiger partial charge is 0.224 e. The number of hydrogen-bond acceptors (Lipinski definition) is 3. The number of benzene rings is 1. The quantitative estimate of drug-likeness (QED) is 0.706. The van der Waals surface area contributed by atoms with Gasteiger partial charge in [0.25, 0.3) is 0 Å². The molecular weight excluding hydrogens is 347 g/mol. The predicted molar refractivity (Wildman–Crippen MR) is 98.6 cm³/mol. The van der Waals surface area contributed by atoms with E-state index >= 15 is 0 Å². The van der Waals surface area contributed by atoms with Crippen LogP contribution in [0.25, 0.3) is 0 Å². The van der Waals surface area contributed by atoms with Crippen LogP contribution in [0, 0.1) is 5.92 Å². The highest BCUT2D eigenvalue weighted by atomic mass is 35.5. The lowest BCUT2D eigenvalue weighted by atomic mass is 9.96. The summed E-state index contributed by atoms with van der Waals surface area (Å²) in [5.41, 5.74) is 1.05. The van der Waals surface area contributed by atoms with Crippen molar-refractivity contribution in [3.63, 3.8) is 0 Å². The van der Waals surface area contributed by atoms with E-state index in [1.165, 1.54) is 0 Å². The number of likely N-dealkylation sites (tertiary alicyclic amines) is 1. The average Bonchev–Trinajstić information content (AvgIpc) is 2.57. The monoisotopic (exact) mass is 372 g/mol. The second-order valence-electron chi connectivity index (χ2n) is 6.15. The van der Waals surface area contributed by atoms with Gasteiger partial charge in [-0.2, -0.15) is 0 Å². The van der Waals surface area contributed by atoms with Gasteiger partial charge in [-0.3, -0.25) is 9.69 Å². The summed E-state index contributed by atoms with van der Waals surface area (Å²) in [6.45, 7) is 6.59. The fourth-order valence-electron chi connectivity index (χ4n) is 2.98. The first kappa shape index (κ1) is 19.5. The molecule has 1 fully saturated rings. The predicted octanol–water partition coefficient (Wildman–Crippen LogP) is 3.75. The van der Waals surface area contributed by atoms with Crippen LogP contribution in [-0.2, 0) is 16.1 Å². The van der Waals surface area contributed by atoms with Gasteiger partial charge in [0.1, 0.15) is 0 Å². The van der Waals surface area contributed by atoms with Gasteiger partial charge in [0.2, 0.25) is 5.91 Å². The first-order valence-electron chi connectivity index (χ1n) is 8.62. The summed E-state index contributed by atoms with van der Waals surface area (Å²) in [5, 5.41) is 4.36. The van der Waals surface area contributed by atoms with E-state index in [0.29, 0.717) is 23.2 Å². The van der Waals surface area contributed by atoms with E-state index in [9.17, 15) is 4.79 Å². The van der Waals surface area contributed by atoms with Crippen LogP contribution >= 0.6 is 23.2 Å². The Morgan fingerprint density at radius 3 is 3.00 bits per heavy atom.